The van der Waals surface area contributed by atoms with Crippen molar-refractivity contribution in [2.45, 2.75) is 19.1 Å². The van der Waals surface area contributed by atoms with Crippen LogP contribution in [-0.4, -0.2) is 68.3 Å². The summed E-state index contributed by atoms with van der Waals surface area (Å²) >= 11 is 0. The van der Waals surface area contributed by atoms with E-state index < -0.39 is 35.6 Å². The molecule has 2 aromatic heterocycles. The number of hydrogen-bond donors (Lipinski definition) is 0. The van der Waals surface area contributed by atoms with Gasteiger partial charge >= 0.3 is 6.18 Å². The number of nitrogens with zero attached hydrogens (tertiary/aromatic N) is 5. The third kappa shape index (κ3) is 5.85. The van der Waals surface area contributed by atoms with E-state index in [0.717, 1.165) is 24.3 Å². The first-order chi connectivity index (χ1) is 19.1. The molecule has 4 aromatic rings. The highest BCUT2D eigenvalue weighted by Crippen LogP contribution is 2.28. The van der Waals surface area contributed by atoms with Gasteiger partial charge in [-0.2, -0.15) is 18.3 Å². The highest BCUT2D eigenvalue weighted by atomic mass is 19.4. The molecule has 8 nitrogen and oxygen atoms in total. The van der Waals surface area contributed by atoms with Crippen molar-refractivity contribution < 1.29 is 31.9 Å². The summed E-state index contributed by atoms with van der Waals surface area (Å²) in [5.41, 5.74) is -0.797. The molecule has 3 heterocycles. The van der Waals surface area contributed by atoms with Crippen LogP contribution < -0.4 is 0 Å². The Morgan fingerprint density at radius 3 is 2.27 bits per heavy atom. The van der Waals surface area contributed by atoms with Crippen LogP contribution in [0.15, 0.2) is 66.9 Å². The first-order valence-electron chi connectivity index (χ1n) is 12.4. The summed E-state index contributed by atoms with van der Waals surface area (Å²) in [5, 5.41) is 4.72. The van der Waals surface area contributed by atoms with Gasteiger partial charge in [-0.3, -0.25) is 19.1 Å². The Labute approximate surface area is 225 Å². The van der Waals surface area contributed by atoms with Crippen molar-refractivity contribution >= 4 is 28.5 Å². The highest BCUT2D eigenvalue weighted by Gasteiger charge is 2.33. The standard InChI is InChI=1S/C28H23F4N5O3/c29-21-15-23-20(13-19(21)14-24(38)22-7-4-8-25(33-22)28(30,31)32)16-37(34-23)17-26(39)35-9-11-36(12-10-35)27(40)18-5-2-1-3-6-18/h1-8,13,15-16H,9-12,14,17H2. The number of fused-ring (bicyclic) bond motifs is 1. The number of rotatable bonds is 6. The van der Waals surface area contributed by atoms with E-state index in [1.165, 1.54) is 10.7 Å². The molecule has 2 amide bonds. The van der Waals surface area contributed by atoms with Crippen LogP contribution in [0.4, 0.5) is 17.6 Å². The Bertz CT molecular complexity index is 1580. The lowest BCUT2D eigenvalue weighted by molar-refractivity contribution is -0.141. The number of amides is 2. The number of carbonyl (C=O) groups is 3. The predicted molar refractivity (Wildman–Crippen MR) is 136 cm³/mol. The number of carbonyl (C=O) groups excluding carboxylic acids is 3. The number of pyridine rings is 1. The van der Waals surface area contributed by atoms with Gasteiger partial charge in [-0.15, -0.1) is 0 Å². The van der Waals surface area contributed by atoms with Crippen molar-refractivity contribution in [1.82, 2.24) is 24.6 Å². The molecule has 0 saturated carbocycles. The minimum Gasteiger partial charge on any atom is -0.338 e. The van der Waals surface area contributed by atoms with E-state index in [1.54, 1.807) is 40.3 Å². The first kappa shape index (κ1) is 27.0. The second kappa shape index (κ2) is 10.9. The van der Waals surface area contributed by atoms with Crippen molar-refractivity contribution in [3.05, 3.63) is 95.2 Å². The zero-order valence-corrected chi connectivity index (χ0v) is 21.1. The Balaban J connectivity index is 1.22. The lowest BCUT2D eigenvalue weighted by Crippen LogP contribution is -2.51. The fraction of sp³-hybridized carbons (Fsp3) is 0.250. The van der Waals surface area contributed by atoms with E-state index in [0.29, 0.717) is 37.1 Å². The molecule has 0 atom stereocenters. The number of alkyl halides is 3. The second-order valence-corrected chi connectivity index (χ2v) is 9.37. The molecule has 1 saturated heterocycles. The summed E-state index contributed by atoms with van der Waals surface area (Å²) in [7, 11) is 0. The van der Waals surface area contributed by atoms with Gasteiger partial charge < -0.3 is 9.80 Å². The highest BCUT2D eigenvalue weighted by molar-refractivity contribution is 5.96. The van der Waals surface area contributed by atoms with Gasteiger partial charge in [0.2, 0.25) is 5.91 Å². The van der Waals surface area contributed by atoms with Crippen molar-refractivity contribution in [2.24, 2.45) is 0 Å². The quantitative estimate of drug-likeness (QED) is 0.266. The minimum atomic E-state index is -4.71. The number of halogens is 4. The topological polar surface area (TPSA) is 88.4 Å². The molecule has 1 fully saturated rings. The molecule has 1 aliphatic rings. The maximum absolute atomic E-state index is 14.7. The average Bonchev–Trinajstić information content (AvgIpc) is 3.33. The van der Waals surface area contributed by atoms with Crippen LogP contribution in [0.1, 0.15) is 32.1 Å². The summed E-state index contributed by atoms with van der Waals surface area (Å²) < 4.78 is 54.9. The van der Waals surface area contributed by atoms with E-state index in [9.17, 15) is 31.9 Å². The summed E-state index contributed by atoms with van der Waals surface area (Å²) in [4.78, 5) is 44.8. The number of Topliss-reactive ketones (excluding diaryl/α,β-unsaturated/α-hetero) is 1. The zero-order chi connectivity index (χ0) is 28.4. The normalized spacial score (nSPS) is 14.0. The minimum absolute atomic E-state index is 0.0261. The Morgan fingerprint density at radius 1 is 0.875 bits per heavy atom. The Hall–Kier alpha value is -4.61. The third-order valence-electron chi connectivity index (χ3n) is 6.63. The fourth-order valence-electron chi connectivity index (χ4n) is 4.53. The van der Waals surface area contributed by atoms with Crippen LogP contribution in [0.3, 0.4) is 0 Å². The summed E-state index contributed by atoms with van der Waals surface area (Å²) in [6.45, 7) is 1.41. The number of piperazine rings is 1. The van der Waals surface area contributed by atoms with Gasteiger partial charge in [0.05, 0.1) is 5.52 Å². The predicted octanol–water partition coefficient (Wildman–Crippen LogP) is 4.00. The van der Waals surface area contributed by atoms with E-state index in [4.69, 9.17) is 0 Å². The average molecular weight is 554 g/mol. The van der Waals surface area contributed by atoms with E-state index in [1.807, 2.05) is 6.07 Å². The zero-order valence-electron chi connectivity index (χ0n) is 21.1. The van der Waals surface area contributed by atoms with Crippen LogP contribution in [0, 0.1) is 5.82 Å². The maximum atomic E-state index is 14.7. The second-order valence-electron chi connectivity index (χ2n) is 9.37. The van der Waals surface area contributed by atoms with Gasteiger partial charge in [0.15, 0.2) is 5.78 Å². The van der Waals surface area contributed by atoms with Crippen molar-refractivity contribution in [1.29, 1.82) is 0 Å². The van der Waals surface area contributed by atoms with Crippen LogP contribution >= 0.6 is 0 Å². The molecule has 40 heavy (non-hydrogen) atoms. The number of ketones is 1. The largest absolute Gasteiger partial charge is 0.433 e. The van der Waals surface area contributed by atoms with E-state index in [-0.39, 0.29) is 29.4 Å². The van der Waals surface area contributed by atoms with E-state index >= 15 is 0 Å². The van der Waals surface area contributed by atoms with Gasteiger partial charge in [-0.25, -0.2) is 9.37 Å². The number of hydrogen-bond acceptors (Lipinski definition) is 5. The fourth-order valence-corrected chi connectivity index (χ4v) is 4.53. The van der Waals surface area contributed by atoms with Gasteiger partial charge in [0.1, 0.15) is 23.7 Å². The molecule has 0 aliphatic carbocycles. The molecule has 0 spiro atoms. The van der Waals surface area contributed by atoms with Gasteiger partial charge in [0, 0.05) is 55.8 Å². The summed E-state index contributed by atoms with van der Waals surface area (Å²) in [5.74, 6) is -1.82. The Morgan fingerprint density at radius 2 is 1.57 bits per heavy atom. The monoisotopic (exact) mass is 553 g/mol. The van der Waals surface area contributed by atoms with Gasteiger partial charge in [-0.1, -0.05) is 24.3 Å². The van der Waals surface area contributed by atoms with Crippen molar-refractivity contribution in [2.75, 3.05) is 26.2 Å². The smallest absolute Gasteiger partial charge is 0.338 e. The van der Waals surface area contributed by atoms with E-state index in [2.05, 4.69) is 10.1 Å². The van der Waals surface area contributed by atoms with Crippen LogP contribution in [0.2, 0.25) is 0 Å². The van der Waals surface area contributed by atoms with Gasteiger partial charge in [0.25, 0.3) is 5.91 Å². The summed E-state index contributed by atoms with van der Waals surface area (Å²) in [6, 6.07) is 14.4. The third-order valence-corrected chi connectivity index (χ3v) is 6.63. The summed E-state index contributed by atoms with van der Waals surface area (Å²) in [6.07, 6.45) is -3.66. The molecule has 1 aliphatic heterocycles. The molecule has 2 aromatic carbocycles. The Kier molecular flexibility index (Phi) is 7.33. The number of aromatic nitrogens is 3. The van der Waals surface area contributed by atoms with Crippen LogP contribution in [0.5, 0.6) is 0 Å². The first-order valence-corrected chi connectivity index (χ1v) is 12.4. The van der Waals surface area contributed by atoms with Gasteiger partial charge in [-0.05, 0) is 35.9 Å². The van der Waals surface area contributed by atoms with Crippen LogP contribution in [-0.2, 0) is 23.9 Å². The lowest BCUT2D eigenvalue weighted by Gasteiger charge is -2.34. The molecule has 0 unspecified atom stereocenters. The molecule has 0 bridgehead atoms. The number of benzene rings is 2. The molecule has 0 N–H and O–H groups in total. The SMILES string of the molecule is O=C(Cc1cc2cn(CC(=O)N3CCN(C(=O)c4ccccc4)CC3)nc2cc1F)c1cccc(C(F)(F)F)n1. The van der Waals surface area contributed by atoms with Crippen LogP contribution in [0.25, 0.3) is 10.9 Å². The lowest BCUT2D eigenvalue weighted by atomic mass is 10.0. The molecule has 12 heteroatoms. The molecule has 206 valence electrons. The van der Waals surface area contributed by atoms with Crippen molar-refractivity contribution in [3.8, 4) is 0 Å². The maximum Gasteiger partial charge on any atom is 0.433 e. The molecule has 0 radical (unpaired) electrons. The molecular weight excluding hydrogens is 530 g/mol. The molecule has 5 rings (SSSR count). The molecular formula is C28H23F4N5O3. The van der Waals surface area contributed by atoms with Crippen molar-refractivity contribution in [3.63, 3.8) is 0 Å².